The topological polar surface area (TPSA) is 47.6 Å². The van der Waals surface area contributed by atoms with Gasteiger partial charge in [0.25, 0.3) is 0 Å². The van der Waals surface area contributed by atoms with Crippen molar-refractivity contribution < 1.29 is 14.3 Å². The van der Waals surface area contributed by atoms with Gasteiger partial charge in [0.05, 0.1) is 6.54 Å². The van der Waals surface area contributed by atoms with Crippen LogP contribution in [0.5, 0.6) is 11.5 Å². The molecular weight excluding hydrogens is 346 g/mol. The monoisotopic (exact) mass is 367 g/mol. The van der Waals surface area contributed by atoms with E-state index in [2.05, 4.69) is 37.1 Å². The number of ether oxygens (including phenoxy) is 2. The largest absolute Gasteiger partial charge is 0.483 e. The molecule has 0 atom stereocenters. The number of para-hydroxylation sites is 1. The number of carbonyl (C=O) groups excluding carboxylic acids is 1. The van der Waals surface area contributed by atoms with Crippen molar-refractivity contribution in [2.45, 2.75) is 25.9 Å². The van der Waals surface area contributed by atoms with Gasteiger partial charge in [-0.1, -0.05) is 30.0 Å². The molecule has 1 amide bonds. The Hall–Kier alpha value is -2.71. The van der Waals surface area contributed by atoms with Crippen LogP contribution in [0.25, 0.3) is 6.08 Å². The molecule has 26 heavy (non-hydrogen) atoms. The molecule has 1 aliphatic heterocycles. The fourth-order valence-electron chi connectivity index (χ4n) is 2.66. The predicted octanol–water partition coefficient (Wildman–Crippen LogP) is 3.67. The molecule has 0 radical (unpaired) electrons. The zero-order valence-corrected chi connectivity index (χ0v) is 15.7. The highest BCUT2D eigenvalue weighted by molar-refractivity contribution is 7.10. The van der Waals surface area contributed by atoms with Crippen molar-refractivity contribution in [3.8, 4) is 23.3 Å². The molecule has 134 valence electrons. The minimum atomic E-state index is -0.200. The summed E-state index contributed by atoms with van der Waals surface area (Å²) in [4.78, 5) is 12.7. The molecule has 1 aliphatic rings. The number of benzene rings is 1. The van der Waals surface area contributed by atoms with Gasteiger partial charge in [-0.05, 0) is 37.4 Å². The Labute approximate surface area is 157 Å². The molecule has 0 saturated carbocycles. The molecule has 3 rings (SSSR count). The lowest BCUT2D eigenvalue weighted by molar-refractivity contribution is -0.116. The van der Waals surface area contributed by atoms with Gasteiger partial charge in [-0.15, -0.1) is 11.3 Å². The first-order chi connectivity index (χ1) is 12.5. The van der Waals surface area contributed by atoms with Crippen LogP contribution in [0.1, 0.15) is 24.3 Å². The maximum atomic E-state index is 11.7. The van der Waals surface area contributed by atoms with Crippen molar-refractivity contribution in [2.24, 2.45) is 0 Å². The van der Waals surface area contributed by atoms with E-state index in [1.165, 1.54) is 6.08 Å². The van der Waals surface area contributed by atoms with Crippen LogP contribution in [-0.2, 0) is 11.2 Å². The zero-order chi connectivity index (χ0) is 18.4. The Kier molecular flexibility index (Phi) is 5.65. The summed E-state index contributed by atoms with van der Waals surface area (Å²) >= 11 is 1.58. The van der Waals surface area contributed by atoms with Crippen LogP contribution < -0.4 is 14.8 Å². The third-order valence-electron chi connectivity index (χ3n) is 3.77. The van der Waals surface area contributed by atoms with E-state index in [4.69, 9.17) is 9.47 Å². The van der Waals surface area contributed by atoms with Crippen LogP contribution in [0.15, 0.2) is 41.8 Å². The standard InChI is InChI=1S/C21H21NO3S/c1-21(2)15-16-7-5-9-18(20(16)25-21)24-13-4-3-12-22-19(23)11-10-17-8-6-14-26-17/h5-11,14H,12-13,15H2,1-2H3,(H,22,23)/b11-10+. The molecule has 0 bridgehead atoms. The summed E-state index contributed by atoms with van der Waals surface area (Å²) < 4.78 is 11.7. The number of nitrogens with one attached hydrogen (secondary N) is 1. The quantitative estimate of drug-likeness (QED) is 0.648. The minimum absolute atomic E-state index is 0.162. The van der Waals surface area contributed by atoms with E-state index in [0.717, 1.165) is 22.6 Å². The van der Waals surface area contributed by atoms with Gasteiger partial charge in [0.2, 0.25) is 5.91 Å². The molecule has 1 aromatic heterocycles. The maximum absolute atomic E-state index is 11.7. The third-order valence-corrected chi connectivity index (χ3v) is 4.61. The van der Waals surface area contributed by atoms with Crippen molar-refractivity contribution in [3.63, 3.8) is 0 Å². The summed E-state index contributed by atoms with van der Waals surface area (Å²) in [6.07, 6.45) is 4.17. The third kappa shape index (κ3) is 4.90. The first-order valence-electron chi connectivity index (χ1n) is 8.42. The highest BCUT2D eigenvalue weighted by Gasteiger charge is 2.32. The summed E-state index contributed by atoms with van der Waals surface area (Å²) in [7, 11) is 0. The van der Waals surface area contributed by atoms with Crippen LogP contribution >= 0.6 is 11.3 Å². The summed E-state index contributed by atoms with van der Waals surface area (Å²) in [6.45, 7) is 4.66. The second-order valence-electron chi connectivity index (χ2n) is 6.49. The predicted molar refractivity (Wildman–Crippen MR) is 104 cm³/mol. The summed E-state index contributed by atoms with van der Waals surface area (Å²) in [5, 5.41) is 4.69. The van der Waals surface area contributed by atoms with Gasteiger partial charge in [0.15, 0.2) is 11.5 Å². The molecule has 4 nitrogen and oxygen atoms in total. The molecule has 0 saturated heterocycles. The molecule has 1 aromatic carbocycles. The van der Waals surface area contributed by atoms with Crippen molar-refractivity contribution in [3.05, 3.63) is 52.2 Å². The average Bonchev–Trinajstić information content (AvgIpc) is 3.22. The Balaban J connectivity index is 1.43. The molecular formula is C21H21NO3S. The van der Waals surface area contributed by atoms with Gasteiger partial charge in [-0.25, -0.2) is 0 Å². The lowest BCUT2D eigenvalue weighted by Gasteiger charge is -2.17. The lowest BCUT2D eigenvalue weighted by Crippen LogP contribution is -2.24. The van der Waals surface area contributed by atoms with E-state index in [0.29, 0.717) is 5.75 Å². The molecule has 5 heteroatoms. The van der Waals surface area contributed by atoms with Crippen LogP contribution in [0.3, 0.4) is 0 Å². The zero-order valence-electron chi connectivity index (χ0n) is 14.9. The highest BCUT2D eigenvalue weighted by Crippen LogP contribution is 2.41. The number of fused-ring (bicyclic) bond motifs is 1. The van der Waals surface area contributed by atoms with E-state index in [9.17, 15) is 4.79 Å². The molecule has 2 aromatic rings. The molecule has 0 fully saturated rings. The van der Waals surface area contributed by atoms with Crippen molar-refractivity contribution >= 4 is 23.3 Å². The molecule has 0 spiro atoms. The number of amides is 1. The number of carbonyl (C=O) groups is 1. The Bertz CT molecular complexity index is 857. The van der Waals surface area contributed by atoms with Gasteiger partial charge < -0.3 is 14.8 Å². The normalized spacial score (nSPS) is 14.2. The number of hydrogen-bond acceptors (Lipinski definition) is 4. The van der Waals surface area contributed by atoms with Gasteiger partial charge in [0, 0.05) is 22.9 Å². The molecule has 0 unspecified atom stereocenters. The molecule has 2 heterocycles. The Morgan fingerprint density at radius 2 is 2.23 bits per heavy atom. The summed E-state index contributed by atoms with van der Waals surface area (Å²) in [5.74, 6) is 7.15. The van der Waals surface area contributed by atoms with Gasteiger partial charge >= 0.3 is 0 Å². The van der Waals surface area contributed by atoms with E-state index < -0.39 is 0 Å². The van der Waals surface area contributed by atoms with Gasteiger partial charge in [-0.3, -0.25) is 4.79 Å². The number of thiophene rings is 1. The van der Waals surface area contributed by atoms with Crippen LogP contribution in [0.4, 0.5) is 0 Å². The Morgan fingerprint density at radius 3 is 3.04 bits per heavy atom. The Morgan fingerprint density at radius 1 is 1.35 bits per heavy atom. The average molecular weight is 367 g/mol. The van der Waals surface area contributed by atoms with Crippen molar-refractivity contribution in [1.29, 1.82) is 0 Å². The van der Waals surface area contributed by atoms with Gasteiger partial charge in [-0.2, -0.15) is 0 Å². The van der Waals surface area contributed by atoms with E-state index in [-0.39, 0.29) is 24.7 Å². The van der Waals surface area contributed by atoms with Gasteiger partial charge in [0.1, 0.15) is 12.2 Å². The second kappa shape index (κ2) is 8.11. The highest BCUT2D eigenvalue weighted by atomic mass is 32.1. The molecule has 0 aliphatic carbocycles. The number of hydrogen-bond donors (Lipinski definition) is 1. The van der Waals surface area contributed by atoms with Crippen LogP contribution in [0, 0.1) is 11.8 Å². The van der Waals surface area contributed by atoms with Crippen molar-refractivity contribution in [2.75, 3.05) is 13.2 Å². The van der Waals surface area contributed by atoms with Crippen LogP contribution in [-0.4, -0.2) is 24.7 Å². The summed E-state index contributed by atoms with van der Waals surface area (Å²) in [6, 6.07) is 9.81. The first kappa shape index (κ1) is 18.1. The smallest absolute Gasteiger partial charge is 0.244 e. The minimum Gasteiger partial charge on any atom is -0.483 e. The fourth-order valence-corrected chi connectivity index (χ4v) is 3.28. The lowest BCUT2D eigenvalue weighted by atomic mass is 10.0. The van der Waals surface area contributed by atoms with E-state index in [1.807, 2.05) is 29.6 Å². The summed E-state index contributed by atoms with van der Waals surface area (Å²) in [5.41, 5.74) is 0.958. The van der Waals surface area contributed by atoms with Crippen molar-refractivity contribution in [1.82, 2.24) is 5.32 Å². The second-order valence-corrected chi connectivity index (χ2v) is 7.47. The SMILES string of the molecule is CC1(C)Cc2cccc(OCC#CCNC(=O)/C=C/c3cccs3)c2O1. The maximum Gasteiger partial charge on any atom is 0.244 e. The first-order valence-corrected chi connectivity index (χ1v) is 9.30. The van der Waals surface area contributed by atoms with E-state index >= 15 is 0 Å². The molecule has 1 N–H and O–H groups in total. The van der Waals surface area contributed by atoms with E-state index in [1.54, 1.807) is 17.4 Å². The number of rotatable bonds is 5. The van der Waals surface area contributed by atoms with Crippen LogP contribution in [0.2, 0.25) is 0 Å². The fraction of sp³-hybridized carbons (Fsp3) is 0.286.